The Morgan fingerprint density at radius 3 is 3.70 bits per heavy atom. The molecule has 1 aliphatic carbocycles. The quantitative estimate of drug-likeness (QED) is 0.575. The summed E-state index contributed by atoms with van der Waals surface area (Å²) < 4.78 is 5.42. The minimum Gasteiger partial charge on any atom is -0.490 e. The third kappa shape index (κ3) is 0.439. The summed E-state index contributed by atoms with van der Waals surface area (Å²) in [6.07, 6.45) is 3.05. The van der Waals surface area contributed by atoms with Gasteiger partial charge in [-0.3, -0.25) is 5.10 Å². The van der Waals surface area contributed by atoms with Gasteiger partial charge in [0.05, 0.1) is 18.5 Å². The van der Waals surface area contributed by atoms with E-state index in [1.165, 1.54) is 12.1 Å². The van der Waals surface area contributed by atoms with Crippen LogP contribution in [0.1, 0.15) is 18.0 Å². The van der Waals surface area contributed by atoms with Crippen LogP contribution in [0.5, 0.6) is 5.75 Å². The summed E-state index contributed by atoms with van der Waals surface area (Å²) >= 11 is 0. The van der Waals surface area contributed by atoms with Crippen LogP contribution in [-0.4, -0.2) is 16.8 Å². The lowest BCUT2D eigenvalue weighted by Crippen LogP contribution is -2.06. The predicted molar refractivity (Wildman–Crippen MR) is 34.9 cm³/mol. The zero-order valence-electron chi connectivity index (χ0n) is 5.50. The van der Waals surface area contributed by atoms with Crippen molar-refractivity contribution in [3.63, 3.8) is 0 Å². The van der Waals surface area contributed by atoms with E-state index >= 15 is 0 Å². The largest absolute Gasteiger partial charge is 0.490 e. The summed E-state index contributed by atoms with van der Waals surface area (Å²) in [5, 5.41) is 6.90. The molecule has 0 spiro atoms. The molecule has 3 heteroatoms. The van der Waals surface area contributed by atoms with Crippen molar-refractivity contribution in [1.29, 1.82) is 0 Å². The van der Waals surface area contributed by atoms with Gasteiger partial charge in [-0.05, 0) is 6.42 Å². The Kier molecular flexibility index (Phi) is 0.649. The Morgan fingerprint density at radius 2 is 2.70 bits per heavy atom. The van der Waals surface area contributed by atoms with Crippen molar-refractivity contribution in [2.75, 3.05) is 6.61 Å². The van der Waals surface area contributed by atoms with Crippen LogP contribution in [0.3, 0.4) is 0 Å². The minimum atomic E-state index is 0.742. The molecule has 2 unspecified atom stereocenters. The number of hydrogen-bond donors (Lipinski definition) is 1. The molecule has 1 saturated carbocycles. The van der Waals surface area contributed by atoms with Crippen molar-refractivity contribution in [2.24, 2.45) is 5.92 Å². The van der Waals surface area contributed by atoms with Crippen LogP contribution < -0.4 is 4.74 Å². The smallest absolute Gasteiger partial charge is 0.160 e. The Morgan fingerprint density at radius 1 is 1.70 bits per heavy atom. The number of ether oxygens (including phenoxy) is 1. The minimum absolute atomic E-state index is 0.742. The monoisotopic (exact) mass is 136 g/mol. The summed E-state index contributed by atoms with van der Waals surface area (Å²) in [5.41, 5.74) is 1.22. The number of hydrogen-bond acceptors (Lipinski definition) is 2. The van der Waals surface area contributed by atoms with E-state index in [4.69, 9.17) is 4.74 Å². The van der Waals surface area contributed by atoms with E-state index in [-0.39, 0.29) is 0 Å². The summed E-state index contributed by atoms with van der Waals surface area (Å²) in [6, 6.07) is 0. The van der Waals surface area contributed by atoms with E-state index in [0.717, 1.165) is 24.2 Å². The van der Waals surface area contributed by atoms with Crippen molar-refractivity contribution < 1.29 is 4.74 Å². The first-order valence-electron chi connectivity index (χ1n) is 3.61. The summed E-state index contributed by atoms with van der Waals surface area (Å²) in [7, 11) is 0. The Hall–Kier alpha value is -0.990. The van der Waals surface area contributed by atoms with Crippen LogP contribution in [0.2, 0.25) is 0 Å². The van der Waals surface area contributed by atoms with Crippen molar-refractivity contribution in [3.05, 3.63) is 11.9 Å². The van der Waals surface area contributed by atoms with Crippen LogP contribution in [-0.2, 0) is 0 Å². The van der Waals surface area contributed by atoms with Gasteiger partial charge in [0, 0.05) is 11.8 Å². The Labute approximate surface area is 58.4 Å². The molecule has 2 aliphatic rings. The van der Waals surface area contributed by atoms with Gasteiger partial charge in [0.15, 0.2) is 5.75 Å². The maximum Gasteiger partial charge on any atom is 0.160 e. The lowest BCUT2D eigenvalue weighted by molar-refractivity contribution is 0.279. The molecule has 1 aromatic rings. The molecular weight excluding hydrogens is 128 g/mol. The SMILES string of the molecule is c1n[nH]c2c1OCC1CC21. The lowest BCUT2D eigenvalue weighted by Gasteiger charge is -2.09. The average molecular weight is 136 g/mol. The zero-order valence-corrected chi connectivity index (χ0v) is 5.50. The molecule has 0 radical (unpaired) electrons. The lowest BCUT2D eigenvalue weighted by atomic mass is 10.2. The van der Waals surface area contributed by atoms with E-state index < -0.39 is 0 Å². The predicted octanol–water partition coefficient (Wildman–Crippen LogP) is 0.906. The third-order valence-corrected chi connectivity index (χ3v) is 2.38. The van der Waals surface area contributed by atoms with Gasteiger partial charge in [-0.15, -0.1) is 0 Å². The number of fused-ring (bicyclic) bond motifs is 3. The van der Waals surface area contributed by atoms with E-state index in [0.29, 0.717) is 0 Å². The van der Waals surface area contributed by atoms with Crippen molar-refractivity contribution >= 4 is 0 Å². The highest BCUT2D eigenvalue weighted by atomic mass is 16.5. The molecule has 3 nitrogen and oxygen atoms in total. The van der Waals surface area contributed by atoms with E-state index in [9.17, 15) is 0 Å². The maximum absolute atomic E-state index is 5.42. The second-order valence-electron chi connectivity index (χ2n) is 3.06. The van der Waals surface area contributed by atoms with Crippen molar-refractivity contribution in [1.82, 2.24) is 10.2 Å². The average Bonchev–Trinajstić information content (AvgIpc) is 2.60. The first-order valence-corrected chi connectivity index (χ1v) is 3.61. The number of nitrogens with one attached hydrogen (secondary N) is 1. The highest BCUT2D eigenvalue weighted by molar-refractivity contribution is 5.34. The Bertz CT molecular complexity index is 268. The van der Waals surface area contributed by atoms with Crippen LogP contribution in [0.25, 0.3) is 0 Å². The molecule has 1 N–H and O–H groups in total. The van der Waals surface area contributed by atoms with Gasteiger partial charge < -0.3 is 4.74 Å². The fourth-order valence-corrected chi connectivity index (χ4v) is 1.65. The molecule has 1 aliphatic heterocycles. The summed E-state index contributed by atoms with van der Waals surface area (Å²) in [4.78, 5) is 0. The Balaban J connectivity index is 2.15. The maximum atomic E-state index is 5.42. The summed E-state index contributed by atoms with van der Waals surface area (Å²) in [5.74, 6) is 2.50. The first-order chi connectivity index (χ1) is 4.95. The van der Waals surface area contributed by atoms with Gasteiger partial charge in [-0.25, -0.2) is 0 Å². The molecule has 1 fully saturated rings. The van der Waals surface area contributed by atoms with Crippen LogP contribution in [0.15, 0.2) is 6.20 Å². The van der Waals surface area contributed by atoms with Gasteiger partial charge in [-0.1, -0.05) is 0 Å². The number of aromatic nitrogens is 2. The molecule has 0 saturated heterocycles. The van der Waals surface area contributed by atoms with Crippen LogP contribution in [0, 0.1) is 5.92 Å². The second kappa shape index (κ2) is 1.36. The number of rotatable bonds is 0. The molecule has 3 rings (SSSR count). The number of H-pyrrole nitrogens is 1. The van der Waals surface area contributed by atoms with Gasteiger partial charge >= 0.3 is 0 Å². The number of nitrogens with zero attached hydrogens (tertiary/aromatic N) is 1. The topological polar surface area (TPSA) is 37.9 Å². The second-order valence-corrected chi connectivity index (χ2v) is 3.06. The molecule has 2 heterocycles. The molecule has 10 heavy (non-hydrogen) atoms. The molecule has 52 valence electrons. The standard InChI is InChI=1S/C7H8N2O/c1-4-3-10-6-2-8-9-7(6)5(1)4/h2,4-5H,1,3H2,(H,8,9). The molecular formula is C7H8N2O. The molecule has 0 aromatic carbocycles. The first kappa shape index (κ1) is 4.77. The highest BCUT2D eigenvalue weighted by Gasteiger charge is 2.44. The fraction of sp³-hybridized carbons (Fsp3) is 0.571. The molecule has 0 amide bonds. The third-order valence-electron chi connectivity index (χ3n) is 2.38. The number of aromatic amines is 1. The van der Waals surface area contributed by atoms with Crippen LogP contribution in [0.4, 0.5) is 0 Å². The van der Waals surface area contributed by atoms with Gasteiger partial charge in [-0.2, -0.15) is 5.10 Å². The molecule has 1 aromatic heterocycles. The van der Waals surface area contributed by atoms with Gasteiger partial charge in [0.25, 0.3) is 0 Å². The molecule has 0 bridgehead atoms. The summed E-state index contributed by atoms with van der Waals surface area (Å²) in [6.45, 7) is 0.900. The zero-order chi connectivity index (χ0) is 6.55. The van der Waals surface area contributed by atoms with Crippen LogP contribution >= 0.6 is 0 Å². The van der Waals surface area contributed by atoms with Gasteiger partial charge in [0.2, 0.25) is 0 Å². The van der Waals surface area contributed by atoms with E-state index in [1.54, 1.807) is 6.20 Å². The molecule has 2 atom stereocenters. The highest BCUT2D eigenvalue weighted by Crippen LogP contribution is 2.52. The van der Waals surface area contributed by atoms with Gasteiger partial charge in [0.1, 0.15) is 0 Å². The van der Waals surface area contributed by atoms with Crippen molar-refractivity contribution in [3.8, 4) is 5.75 Å². The van der Waals surface area contributed by atoms with Crippen molar-refractivity contribution in [2.45, 2.75) is 12.3 Å². The van der Waals surface area contributed by atoms with E-state index in [2.05, 4.69) is 10.2 Å². The normalized spacial score (nSPS) is 34.0. The fourth-order valence-electron chi connectivity index (χ4n) is 1.65. The van der Waals surface area contributed by atoms with E-state index in [1.807, 2.05) is 0 Å².